The van der Waals surface area contributed by atoms with Gasteiger partial charge in [-0.1, -0.05) is 29.8 Å². The zero-order valence-corrected chi connectivity index (χ0v) is 11.4. The highest BCUT2D eigenvalue weighted by molar-refractivity contribution is 6.30. The first-order chi connectivity index (χ1) is 9.25. The molecule has 0 aliphatic carbocycles. The Labute approximate surface area is 117 Å². The van der Waals surface area contributed by atoms with Crippen LogP contribution < -0.4 is 9.64 Å². The van der Waals surface area contributed by atoms with E-state index in [1.807, 2.05) is 25.1 Å². The van der Waals surface area contributed by atoms with Gasteiger partial charge in [-0.25, -0.2) is 9.97 Å². The van der Waals surface area contributed by atoms with E-state index >= 15 is 0 Å². The van der Waals surface area contributed by atoms with E-state index in [-0.39, 0.29) is 0 Å². The summed E-state index contributed by atoms with van der Waals surface area (Å²) in [4.78, 5) is 10.5. The minimum atomic E-state index is 0.503. The van der Waals surface area contributed by atoms with Gasteiger partial charge in [0.2, 0.25) is 0 Å². The maximum atomic E-state index is 6.07. The molecule has 0 bridgehead atoms. The average molecular weight is 276 g/mol. The van der Waals surface area contributed by atoms with Crippen LogP contribution in [-0.2, 0) is 6.54 Å². The second-order valence-corrected chi connectivity index (χ2v) is 4.85. The molecular weight excluding hydrogens is 262 g/mol. The molecule has 98 valence electrons. The maximum Gasteiger partial charge on any atom is 0.137 e. The summed E-state index contributed by atoms with van der Waals surface area (Å²) < 4.78 is 5.75. The third-order valence-electron chi connectivity index (χ3n) is 3.25. The number of aromatic nitrogens is 2. The molecule has 0 saturated heterocycles. The lowest BCUT2D eigenvalue weighted by atomic mass is 10.2. The van der Waals surface area contributed by atoms with Crippen LogP contribution in [0.4, 0.5) is 5.82 Å². The second kappa shape index (κ2) is 5.05. The summed E-state index contributed by atoms with van der Waals surface area (Å²) in [6.07, 6.45) is 1.50. The van der Waals surface area contributed by atoms with Gasteiger partial charge in [0.15, 0.2) is 0 Å². The molecule has 19 heavy (non-hydrogen) atoms. The Balaban J connectivity index is 1.96. The number of rotatable bonds is 1. The molecule has 0 N–H and O–H groups in total. The summed E-state index contributed by atoms with van der Waals surface area (Å²) in [5.41, 5.74) is 2.07. The van der Waals surface area contributed by atoms with Gasteiger partial charge in [0, 0.05) is 17.7 Å². The van der Waals surface area contributed by atoms with Gasteiger partial charge in [0.1, 0.15) is 29.7 Å². The topological polar surface area (TPSA) is 38.2 Å². The normalized spacial score (nSPS) is 14.5. The Kier molecular flexibility index (Phi) is 3.25. The minimum absolute atomic E-state index is 0.503. The largest absolute Gasteiger partial charge is 0.491 e. The molecular formula is C14H14ClN3O. The number of hydrogen-bond donors (Lipinski definition) is 0. The molecule has 1 aliphatic rings. The van der Waals surface area contributed by atoms with Crippen molar-refractivity contribution < 1.29 is 4.74 Å². The number of hydrogen-bond acceptors (Lipinski definition) is 4. The summed E-state index contributed by atoms with van der Waals surface area (Å²) in [5.74, 6) is 1.82. The molecule has 0 atom stereocenters. The van der Waals surface area contributed by atoms with Gasteiger partial charge in [-0.15, -0.1) is 0 Å². The summed E-state index contributed by atoms with van der Waals surface area (Å²) in [6.45, 7) is 4.13. The summed E-state index contributed by atoms with van der Waals surface area (Å²) in [5, 5.41) is 0.503. The van der Waals surface area contributed by atoms with Gasteiger partial charge in [-0.2, -0.15) is 0 Å². The highest BCUT2D eigenvalue weighted by atomic mass is 35.5. The van der Waals surface area contributed by atoms with Gasteiger partial charge < -0.3 is 9.64 Å². The van der Waals surface area contributed by atoms with E-state index in [9.17, 15) is 0 Å². The fourth-order valence-corrected chi connectivity index (χ4v) is 2.37. The third-order valence-corrected chi connectivity index (χ3v) is 3.63. The van der Waals surface area contributed by atoms with Crippen LogP contribution in [0.5, 0.6) is 5.75 Å². The number of halogens is 1. The average Bonchev–Trinajstić information content (AvgIpc) is 2.64. The van der Waals surface area contributed by atoms with Gasteiger partial charge in [0.05, 0.1) is 6.54 Å². The molecule has 1 aromatic heterocycles. The number of nitrogens with zero attached hydrogens (tertiary/aromatic N) is 3. The van der Waals surface area contributed by atoms with Crippen molar-refractivity contribution in [2.45, 2.75) is 13.5 Å². The molecule has 4 nitrogen and oxygen atoms in total. The molecule has 0 spiro atoms. The van der Waals surface area contributed by atoms with Crippen LogP contribution in [0.15, 0.2) is 30.6 Å². The number of fused-ring (bicyclic) bond motifs is 1. The quantitative estimate of drug-likeness (QED) is 0.750. The Morgan fingerprint density at radius 2 is 2.11 bits per heavy atom. The van der Waals surface area contributed by atoms with Crippen LogP contribution in [0.2, 0.25) is 5.15 Å². The van der Waals surface area contributed by atoms with Gasteiger partial charge in [-0.3, -0.25) is 0 Å². The van der Waals surface area contributed by atoms with E-state index in [0.29, 0.717) is 11.8 Å². The van der Waals surface area contributed by atoms with Crippen molar-refractivity contribution in [2.75, 3.05) is 18.1 Å². The van der Waals surface area contributed by atoms with E-state index in [4.69, 9.17) is 16.3 Å². The fourth-order valence-electron chi connectivity index (χ4n) is 2.25. The number of para-hydroxylation sites is 1. The Morgan fingerprint density at radius 3 is 3.00 bits per heavy atom. The van der Waals surface area contributed by atoms with Crippen molar-refractivity contribution in [2.24, 2.45) is 0 Å². The Bertz CT molecular complexity index is 603. The van der Waals surface area contributed by atoms with Crippen LogP contribution in [0.25, 0.3) is 0 Å². The van der Waals surface area contributed by atoms with E-state index in [1.54, 1.807) is 0 Å². The second-order valence-electron chi connectivity index (χ2n) is 4.49. The Hall–Kier alpha value is -1.81. The fraction of sp³-hybridized carbons (Fsp3) is 0.286. The smallest absolute Gasteiger partial charge is 0.137 e. The predicted octanol–water partition coefficient (Wildman–Crippen LogP) is 2.84. The van der Waals surface area contributed by atoms with Crippen molar-refractivity contribution in [3.8, 4) is 5.75 Å². The number of benzene rings is 1. The molecule has 2 aromatic rings. The van der Waals surface area contributed by atoms with Crippen molar-refractivity contribution in [1.29, 1.82) is 0 Å². The first kappa shape index (κ1) is 12.2. The predicted molar refractivity (Wildman–Crippen MR) is 74.8 cm³/mol. The van der Waals surface area contributed by atoms with Crippen molar-refractivity contribution in [1.82, 2.24) is 9.97 Å². The highest BCUT2D eigenvalue weighted by Crippen LogP contribution is 2.28. The molecule has 0 amide bonds. The molecule has 0 unspecified atom stereocenters. The number of ether oxygens (including phenoxy) is 1. The molecule has 0 fully saturated rings. The van der Waals surface area contributed by atoms with Gasteiger partial charge >= 0.3 is 0 Å². The van der Waals surface area contributed by atoms with E-state index in [1.165, 1.54) is 6.33 Å². The SMILES string of the molecule is Cc1c(Cl)ncnc1N1CCOc2ccccc2C1. The third kappa shape index (κ3) is 2.36. The monoisotopic (exact) mass is 275 g/mol. The van der Waals surface area contributed by atoms with Crippen molar-refractivity contribution in [3.63, 3.8) is 0 Å². The van der Waals surface area contributed by atoms with Crippen LogP contribution >= 0.6 is 11.6 Å². The zero-order valence-electron chi connectivity index (χ0n) is 10.6. The van der Waals surface area contributed by atoms with E-state index in [2.05, 4.69) is 20.9 Å². The first-order valence-electron chi connectivity index (χ1n) is 6.18. The van der Waals surface area contributed by atoms with Crippen LogP contribution in [0, 0.1) is 6.92 Å². The molecule has 0 saturated carbocycles. The molecule has 0 radical (unpaired) electrons. The molecule has 2 heterocycles. The zero-order chi connectivity index (χ0) is 13.2. The van der Waals surface area contributed by atoms with E-state index in [0.717, 1.165) is 35.8 Å². The molecule has 1 aromatic carbocycles. The van der Waals surface area contributed by atoms with Gasteiger partial charge in [0.25, 0.3) is 0 Å². The minimum Gasteiger partial charge on any atom is -0.491 e. The standard InChI is InChI=1S/C14H14ClN3O/c1-10-13(15)16-9-17-14(10)18-6-7-19-12-5-3-2-4-11(12)8-18/h2-5,9H,6-8H2,1H3. The highest BCUT2D eigenvalue weighted by Gasteiger charge is 2.18. The van der Waals surface area contributed by atoms with E-state index < -0.39 is 0 Å². The van der Waals surface area contributed by atoms with Crippen molar-refractivity contribution in [3.05, 3.63) is 46.9 Å². The molecule has 5 heteroatoms. The summed E-state index contributed by atoms with van der Waals surface area (Å²) in [7, 11) is 0. The summed E-state index contributed by atoms with van der Waals surface area (Å²) in [6, 6.07) is 8.08. The molecule has 3 rings (SSSR count). The summed E-state index contributed by atoms with van der Waals surface area (Å²) >= 11 is 6.07. The lowest BCUT2D eigenvalue weighted by molar-refractivity contribution is 0.331. The lowest BCUT2D eigenvalue weighted by Gasteiger charge is -2.22. The van der Waals surface area contributed by atoms with Crippen LogP contribution in [0.3, 0.4) is 0 Å². The van der Waals surface area contributed by atoms with Crippen LogP contribution in [0.1, 0.15) is 11.1 Å². The Morgan fingerprint density at radius 1 is 1.26 bits per heavy atom. The maximum absolute atomic E-state index is 6.07. The lowest BCUT2D eigenvalue weighted by Crippen LogP contribution is -2.27. The molecule has 1 aliphatic heterocycles. The number of anilines is 1. The first-order valence-corrected chi connectivity index (χ1v) is 6.56. The van der Waals surface area contributed by atoms with Crippen LogP contribution in [-0.4, -0.2) is 23.1 Å². The van der Waals surface area contributed by atoms with Crippen molar-refractivity contribution >= 4 is 17.4 Å². The van der Waals surface area contributed by atoms with Gasteiger partial charge in [-0.05, 0) is 13.0 Å².